The fraction of sp³-hybridized carbons (Fsp3) is 0.556. The van der Waals surface area contributed by atoms with E-state index in [2.05, 4.69) is 20.3 Å². The highest BCUT2D eigenvalue weighted by Crippen LogP contribution is 2.04. The fourth-order valence-corrected chi connectivity index (χ4v) is 1.54. The van der Waals surface area contributed by atoms with Crippen LogP contribution >= 0.6 is 0 Å². The Kier molecular flexibility index (Phi) is 2.78. The summed E-state index contributed by atoms with van der Waals surface area (Å²) in [6.07, 6.45) is 3.49. The smallest absolute Gasteiger partial charge is 0.237 e. The van der Waals surface area contributed by atoms with Crippen molar-refractivity contribution < 1.29 is 9.32 Å². The second-order valence-corrected chi connectivity index (χ2v) is 3.36. The number of rotatable bonds is 3. The van der Waals surface area contributed by atoms with Crippen LogP contribution in [-0.2, 0) is 11.3 Å². The van der Waals surface area contributed by atoms with E-state index in [-0.39, 0.29) is 11.9 Å². The van der Waals surface area contributed by atoms with Crippen LogP contribution in [0.3, 0.4) is 0 Å². The molecule has 2 rings (SSSR count). The zero-order chi connectivity index (χ0) is 9.80. The van der Waals surface area contributed by atoms with Gasteiger partial charge in [0.1, 0.15) is 12.0 Å². The van der Waals surface area contributed by atoms with E-state index in [1.807, 2.05) is 0 Å². The largest absolute Gasteiger partial charge is 0.364 e. The van der Waals surface area contributed by atoms with Crippen LogP contribution in [-0.4, -0.2) is 23.7 Å². The number of aromatic nitrogens is 1. The first-order valence-electron chi connectivity index (χ1n) is 4.76. The van der Waals surface area contributed by atoms with Crippen molar-refractivity contribution in [1.29, 1.82) is 0 Å². The van der Waals surface area contributed by atoms with Crippen molar-refractivity contribution in [2.75, 3.05) is 6.54 Å². The van der Waals surface area contributed by atoms with Gasteiger partial charge < -0.3 is 15.2 Å². The van der Waals surface area contributed by atoms with Crippen LogP contribution in [0.25, 0.3) is 0 Å². The zero-order valence-corrected chi connectivity index (χ0v) is 7.82. The molecule has 5 nitrogen and oxygen atoms in total. The first-order valence-corrected chi connectivity index (χ1v) is 4.76. The monoisotopic (exact) mass is 195 g/mol. The Balaban J connectivity index is 1.77. The first kappa shape index (κ1) is 9.21. The maximum atomic E-state index is 11.5. The third kappa shape index (κ3) is 2.11. The van der Waals surface area contributed by atoms with Crippen LogP contribution < -0.4 is 10.6 Å². The normalized spacial score (nSPS) is 21.0. The lowest BCUT2D eigenvalue weighted by Gasteiger charge is -2.09. The minimum atomic E-state index is -0.0260. The van der Waals surface area contributed by atoms with Gasteiger partial charge in [0.2, 0.25) is 5.91 Å². The SMILES string of the molecule is O=C(NCc1ccon1)C1CCCN1. The maximum Gasteiger partial charge on any atom is 0.237 e. The molecular weight excluding hydrogens is 182 g/mol. The highest BCUT2D eigenvalue weighted by atomic mass is 16.5. The molecule has 5 heteroatoms. The van der Waals surface area contributed by atoms with Crippen molar-refractivity contribution in [3.63, 3.8) is 0 Å². The van der Waals surface area contributed by atoms with Crippen LogP contribution in [0.15, 0.2) is 16.9 Å². The van der Waals surface area contributed by atoms with Gasteiger partial charge in [0.05, 0.1) is 12.6 Å². The average Bonchev–Trinajstić information content (AvgIpc) is 2.87. The van der Waals surface area contributed by atoms with Crippen LogP contribution in [0.2, 0.25) is 0 Å². The summed E-state index contributed by atoms with van der Waals surface area (Å²) >= 11 is 0. The fourth-order valence-electron chi connectivity index (χ4n) is 1.54. The molecule has 76 valence electrons. The lowest BCUT2D eigenvalue weighted by molar-refractivity contribution is -0.122. The van der Waals surface area contributed by atoms with Gasteiger partial charge in [0.25, 0.3) is 0 Å². The number of carbonyl (C=O) groups excluding carboxylic acids is 1. The third-order valence-corrected chi connectivity index (χ3v) is 2.31. The summed E-state index contributed by atoms with van der Waals surface area (Å²) in [7, 11) is 0. The summed E-state index contributed by atoms with van der Waals surface area (Å²) in [5.41, 5.74) is 0.747. The minimum Gasteiger partial charge on any atom is -0.364 e. The van der Waals surface area contributed by atoms with E-state index in [9.17, 15) is 4.79 Å². The molecule has 1 aliphatic rings. The molecule has 1 aromatic rings. The Morgan fingerprint density at radius 3 is 3.36 bits per heavy atom. The van der Waals surface area contributed by atoms with Crippen molar-refractivity contribution in [3.8, 4) is 0 Å². The summed E-state index contributed by atoms with van der Waals surface area (Å²) in [6.45, 7) is 1.37. The van der Waals surface area contributed by atoms with Gasteiger partial charge in [0.15, 0.2) is 0 Å². The minimum absolute atomic E-state index is 0.0260. The Morgan fingerprint density at radius 1 is 1.79 bits per heavy atom. The van der Waals surface area contributed by atoms with Gasteiger partial charge in [-0.1, -0.05) is 5.16 Å². The molecule has 1 aliphatic heterocycles. The molecule has 1 amide bonds. The first-order chi connectivity index (χ1) is 6.86. The predicted molar refractivity (Wildman–Crippen MR) is 49.4 cm³/mol. The summed E-state index contributed by atoms with van der Waals surface area (Å²) < 4.78 is 4.66. The summed E-state index contributed by atoms with van der Waals surface area (Å²) in [5.74, 6) is 0.0468. The maximum absolute atomic E-state index is 11.5. The lowest BCUT2D eigenvalue weighted by atomic mass is 10.2. The van der Waals surface area contributed by atoms with Crippen molar-refractivity contribution in [2.24, 2.45) is 0 Å². The average molecular weight is 195 g/mol. The summed E-state index contributed by atoms with van der Waals surface area (Å²) in [4.78, 5) is 11.5. The molecule has 1 fully saturated rings. The van der Waals surface area contributed by atoms with Crippen molar-refractivity contribution in [3.05, 3.63) is 18.0 Å². The number of nitrogens with one attached hydrogen (secondary N) is 2. The van der Waals surface area contributed by atoms with Crippen molar-refractivity contribution in [1.82, 2.24) is 15.8 Å². The molecule has 0 aliphatic carbocycles. The zero-order valence-electron chi connectivity index (χ0n) is 7.82. The van der Waals surface area contributed by atoms with Crippen LogP contribution in [0.5, 0.6) is 0 Å². The van der Waals surface area contributed by atoms with Crippen molar-refractivity contribution >= 4 is 5.91 Å². The van der Waals surface area contributed by atoms with Crippen LogP contribution in [0, 0.1) is 0 Å². The van der Waals surface area contributed by atoms with E-state index in [4.69, 9.17) is 0 Å². The molecule has 0 radical (unpaired) electrons. The molecule has 0 bridgehead atoms. The highest BCUT2D eigenvalue weighted by molar-refractivity contribution is 5.81. The quantitative estimate of drug-likeness (QED) is 0.714. The molecule has 1 saturated heterocycles. The van der Waals surface area contributed by atoms with Gasteiger partial charge in [-0.2, -0.15) is 0 Å². The molecule has 1 aromatic heterocycles. The van der Waals surface area contributed by atoms with E-state index >= 15 is 0 Å². The number of amides is 1. The molecule has 1 unspecified atom stereocenters. The lowest BCUT2D eigenvalue weighted by Crippen LogP contribution is -2.40. The molecule has 14 heavy (non-hydrogen) atoms. The molecule has 0 aromatic carbocycles. The number of nitrogens with zero attached hydrogens (tertiary/aromatic N) is 1. The van der Waals surface area contributed by atoms with E-state index in [0.29, 0.717) is 6.54 Å². The molecule has 1 atom stereocenters. The number of hydrogen-bond donors (Lipinski definition) is 2. The second kappa shape index (κ2) is 4.23. The van der Waals surface area contributed by atoms with Crippen LogP contribution in [0.4, 0.5) is 0 Å². The van der Waals surface area contributed by atoms with Gasteiger partial charge in [0, 0.05) is 6.07 Å². The molecule has 0 spiro atoms. The molecule has 0 saturated carbocycles. The van der Waals surface area contributed by atoms with Crippen molar-refractivity contribution in [2.45, 2.75) is 25.4 Å². The standard InChI is InChI=1S/C9H13N3O2/c13-9(8-2-1-4-10-8)11-6-7-3-5-14-12-7/h3,5,8,10H,1-2,4,6H2,(H,11,13). The molecule has 2 N–H and O–H groups in total. The van der Waals surface area contributed by atoms with Gasteiger partial charge in [-0.05, 0) is 19.4 Å². The topological polar surface area (TPSA) is 67.2 Å². The van der Waals surface area contributed by atoms with Crippen LogP contribution in [0.1, 0.15) is 18.5 Å². The number of hydrogen-bond acceptors (Lipinski definition) is 4. The highest BCUT2D eigenvalue weighted by Gasteiger charge is 2.21. The Bertz CT molecular complexity index is 291. The van der Waals surface area contributed by atoms with E-state index in [1.165, 1.54) is 6.26 Å². The number of carbonyl (C=O) groups is 1. The third-order valence-electron chi connectivity index (χ3n) is 2.31. The van der Waals surface area contributed by atoms with E-state index < -0.39 is 0 Å². The molecule has 2 heterocycles. The van der Waals surface area contributed by atoms with E-state index in [0.717, 1.165) is 25.1 Å². The van der Waals surface area contributed by atoms with Gasteiger partial charge in [-0.3, -0.25) is 4.79 Å². The van der Waals surface area contributed by atoms with Gasteiger partial charge in [-0.15, -0.1) is 0 Å². The second-order valence-electron chi connectivity index (χ2n) is 3.36. The van der Waals surface area contributed by atoms with Gasteiger partial charge in [-0.25, -0.2) is 0 Å². The van der Waals surface area contributed by atoms with Gasteiger partial charge >= 0.3 is 0 Å². The summed E-state index contributed by atoms with van der Waals surface area (Å²) in [6, 6.07) is 1.71. The molecular formula is C9H13N3O2. The Morgan fingerprint density at radius 2 is 2.71 bits per heavy atom. The predicted octanol–water partition coefficient (Wildman–Crippen LogP) is 0.0428. The van der Waals surface area contributed by atoms with E-state index in [1.54, 1.807) is 6.07 Å². The Labute approximate surface area is 81.8 Å². The Hall–Kier alpha value is -1.36. The summed E-state index contributed by atoms with van der Waals surface area (Å²) in [5, 5.41) is 9.64.